The lowest BCUT2D eigenvalue weighted by Gasteiger charge is -2.33. The summed E-state index contributed by atoms with van der Waals surface area (Å²) in [6.07, 6.45) is 0.818. The van der Waals surface area contributed by atoms with Crippen LogP contribution in [0.25, 0.3) is 0 Å². The van der Waals surface area contributed by atoms with Gasteiger partial charge in [0.1, 0.15) is 5.75 Å². The number of aryl methyl sites for hydroxylation is 1. The van der Waals surface area contributed by atoms with Crippen LogP contribution in [-0.2, 0) is 14.4 Å². The number of methoxy groups -OCH3 is 1. The fourth-order valence-electron chi connectivity index (χ4n) is 4.25. The number of ketones is 1. The zero-order chi connectivity index (χ0) is 21.3. The highest BCUT2D eigenvalue weighted by Crippen LogP contribution is 2.39. The molecule has 6 heteroatoms. The van der Waals surface area contributed by atoms with Crippen LogP contribution in [-0.4, -0.2) is 24.7 Å². The summed E-state index contributed by atoms with van der Waals surface area (Å²) in [7, 11) is 1.61. The topological polar surface area (TPSA) is 84.5 Å². The van der Waals surface area contributed by atoms with Gasteiger partial charge in [-0.15, -0.1) is 0 Å². The lowest BCUT2D eigenvalue weighted by atomic mass is 9.75. The normalized spacial score (nSPS) is 21.0. The monoisotopic (exact) mass is 404 g/mol. The fourth-order valence-corrected chi connectivity index (χ4v) is 4.25. The summed E-state index contributed by atoms with van der Waals surface area (Å²) in [5.74, 6) is -0.693. The molecule has 0 aromatic heterocycles. The van der Waals surface area contributed by atoms with Crippen molar-refractivity contribution in [1.29, 1.82) is 0 Å². The Hall–Kier alpha value is -3.41. The van der Waals surface area contributed by atoms with E-state index in [1.54, 1.807) is 13.2 Å². The van der Waals surface area contributed by atoms with E-state index in [1.165, 1.54) is 0 Å². The summed E-state index contributed by atoms with van der Waals surface area (Å²) in [6.45, 7) is 1.94. The largest absolute Gasteiger partial charge is 0.497 e. The molecule has 30 heavy (non-hydrogen) atoms. The summed E-state index contributed by atoms with van der Waals surface area (Å²) >= 11 is 0. The van der Waals surface area contributed by atoms with Crippen LogP contribution < -0.4 is 15.4 Å². The second-order valence-corrected chi connectivity index (χ2v) is 7.86. The minimum Gasteiger partial charge on any atom is -0.497 e. The number of nitrogens with one attached hydrogen (secondary N) is 2. The third-order valence-corrected chi connectivity index (χ3v) is 5.73. The molecule has 2 amide bonds. The summed E-state index contributed by atoms with van der Waals surface area (Å²) in [6, 6.07) is 15.1. The number of hydrogen-bond donors (Lipinski definition) is 2. The quantitative estimate of drug-likeness (QED) is 0.817. The second-order valence-electron chi connectivity index (χ2n) is 7.86. The molecule has 0 radical (unpaired) electrons. The van der Waals surface area contributed by atoms with Crippen LogP contribution in [0.5, 0.6) is 5.75 Å². The molecule has 2 aromatic carbocycles. The average Bonchev–Trinajstić information content (AvgIpc) is 2.72. The standard InChI is InChI=1S/C24H24N2O4/c1-14-4-3-5-17(10-14)25-24(29)19-13-22(28)26-20-11-16(12-21(27)23(19)20)15-6-8-18(30-2)9-7-15/h3-10,16,19H,11-13H2,1-2H3,(H,25,29)(H,26,28). The maximum absolute atomic E-state index is 13.0. The van der Waals surface area contributed by atoms with Crippen molar-refractivity contribution in [2.45, 2.75) is 32.1 Å². The summed E-state index contributed by atoms with van der Waals surface area (Å²) in [4.78, 5) is 38.3. The van der Waals surface area contributed by atoms with Gasteiger partial charge in [0.2, 0.25) is 11.8 Å². The summed E-state index contributed by atoms with van der Waals surface area (Å²) in [5.41, 5.74) is 3.71. The Morgan fingerprint density at radius 2 is 1.83 bits per heavy atom. The SMILES string of the molecule is COc1ccc(C2CC(=O)C3=C(C2)NC(=O)CC3C(=O)Nc2cccc(C)c2)cc1. The molecule has 4 rings (SSSR count). The zero-order valence-electron chi connectivity index (χ0n) is 17.0. The number of hydrogen-bond acceptors (Lipinski definition) is 4. The first kappa shape index (κ1) is 19.9. The summed E-state index contributed by atoms with van der Waals surface area (Å²) in [5, 5.41) is 5.71. The number of anilines is 1. The van der Waals surface area contributed by atoms with E-state index in [9.17, 15) is 14.4 Å². The number of allylic oxidation sites excluding steroid dienone is 1. The van der Waals surface area contributed by atoms with Crippen molar-refractivity contribution >= 4 is 23.3 Å². The third-order valence-electron chi connectivity index (χ3n) is 5.73. The third kappa shape index (κ3) is 3.99. The number of benzene rings is 2. The zero-order valence-corrected chi connectivity index (χ0v) is 17.0. The van der Waals surface area contributed by atoms with Crippen molar-refractivity contribution in [3.05, 3.63) is 70.9 Å². The van der Waals surface area contributed by atoms with Crippen LogP contribution in [0.2, 0.25) is 0 Å². The average molecular weight is 404 g/mol. The second kappa shape index (κ2) is 8.14. The molecule has 0 saturated heterocycles. The van der Waals surface area contributed by atoms with E-state index in [-0.39, 0.29) is 29.9 Å². The number of Topliss-reactive ketones (excluding diaryl/α,β-unsaturated/α-hetero) is 1. The van der Waals surface area contributed by atoms with Crippen molar-refractivity contribution in [3.63, 3.8) is 0 Å². The van der Waals surface area contributed by atoms with Gasteiger partial charge >= 0.3 is 0 Å². The summed E-state index contributed by atoms with van der Waals surface area (Å²) < 4.78 is 5.20. The van der Waals surface area contributed by atoms with Crippen LogP contribution in [0.4, 0.5) is 5.69 Å². The van der Waals surface area contributed by atoms with Gasteiger partial charge in [0.25, 0.3) is 0 Å². The van der Waals surface area contributed by atoms with E-state index in [4.69, 9.17) is 4.74 Å². The number of carbonyl (C=O) groups is 3. The van der Waals surface area contributed by atoms with Gasteiger partial charge in [-0.25, -0.2) is 0 Å². The van der Waals surface area contributed by atoms with Gasteiger partial charge in [-0.2, -0.15) is 0 Å². The van der Waals surface area contributed by atoms with Crippen molar-refractivity contribution < 1.29 is 19.1 Å². The van der Waals surface area contributed by atoms with Gasteiger partial charge in [-0.1, -0.05) is 24.3 Å². The van der Waals surface area contributed by atoms with Crippen LogP contribution in [0.1, 0.15) is 36.3 Å². The molecule has 2 N–H and O–H groups in total. The van der Waals surface area contributed by atoms with E-state index in [0.29, 0.717) is 29.8 Å². The molecule has 0 bridgehead atoms. The Morgan fingerprint density at radius 1 is 1.07 bits per heavy atom. The number of amides is 2. The van der Waals surface area contributed by atoms with Gasteiger partial charge in [-0.05, 0) is 54.7 Å². The number of ether oxygens (including phenoxy) is 1. The molecular formula is C24H24N2O4. The van der Waals surface area contributed by atoms with Gasteiger partial charge in [0, 0.05) is 29.8 Å². The highest BCUT2D eigenvalue weighted by molar-refractivity contribution is 6.09. The van der Waals surface area contributed by atoms with Crippen molar-refractivity contribution in [1.82, 2.24) is 5.32 Å². The Kier molecular flexibility index (Phi) is 5.40. The van der Waals surface area contributed by atoms with Gasteiger partial charge in [0.05, 0.1) is 13.0 Å². The van der Waals surface area contributed by atoms with E-state index in [1.807, 2.05) is 49.4 Å². The smallest absolute Gasteiger partial charge is 0.232 e. The molecule has 0 spiro atoms. The van der Waals surface area contributed by atoms with Crippen LogP contribution in [0.3, 0.4) is 0 Å². The van der Waals surface area contributed by atoms with E-state index < -0.39 is 5.92 Å². The van der Waals surface area contributed by atoms with E-state index >= 15 is 0 Å². The maximum atomic E-state index is 13.0. The first-order valence-corrected chi connectivity index (χ1v) is 10.0. The highest BCUT2D eigenvalue weighted by atomic mass is 16.5. The van der Waals surface area contributed by atoms with Crippen molar-refractivity contribution in [2.75, 3.05) is 12.4 Å². The van der Waals surface area contributed by atoms with Crippen molar-refractivity contribution in [3.8, 4) is 5.75 Å². The Morgan fingerprint density at radius 3 is 2.53 bits per heavy atom. The molecule has 154 valence electrons. The Labute approximate surface area is 175 Å². The molecule has 2 unspecified atom stereocenters. The first-order chi connectivity index (χ1) is 14.4. The molecular weight excluding hydrogens is 380 g/mol. The molecule has 2 aromatic rings. The fraction of sp³-hybridized carbons (Fsp3) is 0.292. The predicted octanol–water partition coefficient (Wildman–Crippen LogP) is 3.48. The Bertz CT molecular complexity index is 1040. The molecule has 2 aliphatic rings. The maximum Gasteiger partial charge on any atom is 0.232 e. The molecule has 1 aliphatic heterocycles. The highest BCUT2D eigenvalue weighted by Gasteiger charge is 2.40. The first-order valence-electron chi connectivity index (χ1n) is 10.0. The lowest BCUT2D eigenvalue weighted by molar-refractivity contribution is -0.129. The number of carbonyl (C=O) groups excluding carboxylic acids is 3. The lowest BCUT2D eigenvalue weighted by Crippen LogP contribution is -2.43. The van der Waals surface area contributed by atoms with Gasteiger partial charge in [-0.3, -0.25) is 14.4 Å². The molecule has 6 nitrogen and oxygen atoms in total. The van der Waals surface area contributed by atoms with Gasteiger partial charge < -0.3 is 15.4 Å². The molecule has 1 heterocycles. The van der Waals surface area contributed by atoms with Crippen LogP contribution >= 0.6 is 0 Å². The molecule has 1 aliphatic carbocycles. The Balaban J connectivity index is 1.59. The van der Waals surface area contributed by atoms with Crippen LogP contribution in [0, 0.1) is 12.8 Å². The molecule has 0 saturated carbocycles. The predicted molar refractivity (Wildman–Crippen MR) is 113 cm³/mol. The number of rotatable bonds is 4. The van der Waals surface area contributed by atoms with E-state index in [0.717, 1.165) is 16.9 Å². The minimum atomic E-state index is -0.765. The van der Waals surface area contributed by atoms with Crippen molar-refractivity contribution in [2.24, 2.45) is 5.92 Å². The van der Waals surface area contributed by atoms with Crippen LogP contribution in [0.15, 0.2) is 59.8 Å². The minimum absolute atomic E-state index is 0.0184. The van der Waals surface area contributed by atoms with Gasteiger partial charge in [0.15, 0.2) is 5.78 Å². The molecule has 2 atom stereocenters. The molecule has 0 fully saturated rings. The van der Waals surface area contributed by atoms with E-state index in [2.05, 4.69) is 10.6 Å².